The summed E-state index contributed by atoms with van der Waals surface area (Å²) >= 11 is 0. The molecule has 0 saturated carbocycles. The zero-order chi connectivity index (χ0) is 13.0. The van der Waals surface area contributed by atoms with Gasteiger partial charge in [-0.2, -0.15) is 0 Å². The average molecular weight is 250 g/mol. The lowest BCUT2D eigenvalue weighted by Crippen LogP contribution is -2.25. The highest BCUT2D eigenvalue weighted by molar-refractivity contribution is 5.83. The number of ketones is 1. The quantitative estimate of drug-likeness (QED) is 0.790. The van der Waals surface area contributed by atoms with Crippen molar-refractivity contribution in [1.29, 1.82) is 0 Å². The van der Waals surface area contributed by atoms with Crippen LogP contribution < -0.4 is 4.74 Å². The molecule has 0 N–H and O–H groups in total. The van der Waals surface area contributed by atoms with E-state index < -0.39 is 0 Å². The monoisotopic (exact) mass is 250 g/mol. The van der Waals surface area contributed by atoms with Crippen LogP contribution in [0.1, 0.15) is 25.5 Å². The minimum absolute atomic E-state index is 0.0101. The summed E-state index contributed by atoms with van der Waals surface area (Å²) in [5, 5.41) is 0. The highest BCUT2D eigenvalue weighted by Crippen LogP contribution is 2.25. The van der Waals surface area contributed by atoms with E-state index in [9.17, 15) is 4.79 Å². The molecule has 1 aliphatic heterocycles. The molecule has 1 aromatic heterocycles. The van der Waals surface area contributed by atoms with Gasteiger partial charge in [0, 0.05) is 25.0 Å². The minimum Gasteiger partial charge on any atom is -0.481 e. The van der Waals surface area contributed by atoms with Crippen LogP contribution in [-0.4, -0.2) is 35.6 Å². The summed E-state index contributed by atoms with van der Waals surface area (Å²) in [6.45, 7) is 2.73. The highest BCUT2D eigenvalue weighted by Gasteiger charge is 2.32. The Balaban J connectivity index is 2.02. The van der Waals surface area contributed by atoms with Crippen LogP contribution in [0.2, 0.25) is 0 Å². The molecule has 18 heavy (non-hydrogen) atoms. The van der Waals surface area contributed by atoms with Gasteiger partial charge in [-0.05, 0) is 12.8 Å². The maximum atomic E-state index is 12.2. The van der Waals surface area contributed by atoms with Gasteiger partial charge in [0.25, 0.3) is 0 Å². The Bertz CT molecular complexity index is 422. The van der Waals surface area contributed by atoms with Crippen molar-refractivity contribution in [2.24, 2.45) is 5.92 Å². The van der Waals surface area contributed by atoms with Gasteiger partial charge in [-0.1, -0.05) is 6.92 Å². The number of carbonyl (C=O) groups is 1. The van der Waals surface area contributed by atoms with E-state index in [4.69, 9.17) is 9.47 Å². The summed E-state index contributed by atoms with van der Waals surface area (Å²) in [6, 6.07) is 1.70. The third kappa shape index (κ3) is 2.85. The Morgan fingerprint density at radius 2 is 2.39 bits per heavy atom. The fourth-order valence-electron chi connectivity index (χ4n) is 2.31. The first-order valence-electron chi connectivity index (χ1n) is 6.23. The summed E-state index contributed by atoms with van der Waals surface area (Å²) < 4.78 is 10.6. The Hall–Kier alpha value is -1.49. The molecule has 1 fully saturated rings. The van der Waals surface area contributed by atoms with E-state index in [0.717, 1.165) is 12.8 Å². The Morgan fingerprint density at radius 1 is 1.56 bits per heavy atom. The number of hydrogen-bond acceptors (Lipinski definition) is 5. The van der Waals surface area contributed by atoms with Crippen molar-refractivity contribution in [3.05, 3.63) is 18.1 Å². The van der Waals surface area contributed by atoms with Crippen LogP contribution in [-0.2, 0) is 16.0 Å². The molecule has 0 spiro atoms. The molecule has 0 amide bonds. The maximum Gasteiger partial charge on any atom is 0.216 e. The molecule has 0 bridgehead atoms. The zero-order valence-corrected chi connectivity index (χ0v) is 10.8. The summed E-state index contributed by atoms with van der Waals surface area (Å²) in [7, 11) is 1.55. The predicted octanol–water partition coefficient (Wildman–Crippen LogP) is 1.41. The van der Waals surface area contributed by atoms with E-state index >= 15 is 0 Å². The third-order valence-electron chi connectivity index (χ3n) is 3.29. The molecule has 1 aromatic rings. The molecule has 98 valence electrons. The number of hydrogen-bond donors (Lipinski definition) is 0. The van der Waals surface area contributed by atoms with Gasteiger partial charge >= 0.3 is 0 Å². The number of rotatable bonds is 5. The average Bonchev–Trinajstić information content (AvgIpc) is 2.87. The third-order valence-corrected chi connectivity index (χ3v) is 3.29. The second-order valence-electron chi connectivity index (χ2n) is 4.41. The van der Waals surface area contributed by atoms with E-state index in [1.54, 1.807) is 13.2 Å². The van der Waals surface area contributed by atoms with Crippen molar-refractivity contribution in [2.75, 3.05) is 13.7 Å². The molecule has 0 aromatic carbocycles. The first-order valence-corrected chi connectivity index (χ1v) is 6.23. The van der Waals surface area contributed by atoms with Gasteiger partial charge in [-0.15, -0.1) is 0 Å². The van der Waals surface area contributed by atoms with Gasteiger partial charge < -0.3 is 9.47 Å². The van der Waals surface area contributed by atoms with Crippen LogP contribution in [0.25, 0.3) is 0 Å². The number of methoxy groups -OCH3 is 1. The molecule has 2 heterocycles. The van der Waals surface area contributed by atoms with E-state index in [2.05, 4.69) is 9.97 Å². The summed E-state index contributed by atoms with van der Waals surface area (Å²) in [6.07, 6.45) is 3.51. The Morgan fingerprint density at radius 3 is 3.11 bits per heavy atom. The molecule has 2 rings (SSSR count). The van der Waals surface area contributed by atoms with Crippen LogP contribution in [0.3, 0.4) is 0 Å². The molecular formula is C13H18N2O3. The predicted molar refractivity (Wildman–Crippen MR) is 65.4 cm³/mol. The summed E-state index contributed by atoms with van der Waals surface area (Å²) in [5.74, 6) is 0.693. The molecular weight excluding hydrogens is 232 g/mol. The van der Waals surface area contributed by atoms with Crippen LogP contribution in [0.4, 0.5) is 0 Å². The molecule has 5 heteroatoms. The smallest absolute Gasteiger partial charge is 0.216 e. The van der Waals surface area contributed by atoms with Gasteiger partial charge in [-0.25, -0.2) is 9.97 Å². The number of carbonyl (C=O) groups excluding carboxylic acids is 1. The van der Waals surface area contributed by atoms with Gasteiger partial charge in [0.05, 0.1) is 18.9 Å². The van der Waals surface area contributed by atoms with Gasteiger partial charge in [0.15, 0.2) is 0 Å². The minimum atomic E-state index is 0.0101. The van der Waals surface area contributed by atoms with Crippen molar-refractivity contribution in [2.45, 2.75) is 32.3 Å². The second-order valence-corrected chi connectivity index (χ2v) is 4.41. The lowest BCUT2D eigenvalue weighted by atomic mass is 9.92. The number of nitrogens with zero attached hydrogens (tertiary/aromatic N) is 2. The summed E-state index contributed by atoms with van der Waals surface area (Å²) in [4.78, 5) is 20.2. The SMILES string of the molecule is CCC1OCCC1C(=O)Cc1cc(OC)ncn1. The molecule has 2 atom stereocenters. The molecule has 2 unspecified atom stereocenters. The van der Waals surface area contributed by atoms with Gasteiger partial charge in [0.2, 0.25) is 5.88 Å². The van der Waals surface area contributed by atoms with E-state index in [-0.39, 0.29) is 17.8 Å². The number of Topliss-reactive ketones (excluding diaryl/α,β-unsaturated/α-hetero) is 1. The molecule has 1 aliphatic rings. The van der Waals surface area contributed by atoms with Crippen molar-refractivity contribution >= 4 is 5.78 Å². The standard InChI is InChI=1S/C13H18N2O3/c1-3-12-10(4-5-18-12)11(16)6-9-7-13(17-2)15-8-14-9/h7-8,10,12H,3-6H2,1-2H3. The van der Waals surface area contributed by atoms with Crippen LogP contribution >= 0.6 is 0 Å². The first kappa shape index (κ1) is 13.0. The Labute approximate surface area is 107 Å². The first-order chi connectivity index (χ1) is 8.74. The highest BCUT2D eigenvalue weighted by atomic mass is 16.5. The number of aromatic nitrogens is 2. The van der Waals surface area contributed by atoms with Crippen LogP contribution in [0, 0.1) is 5.92 Å². The summed E-state index contributed by atoms with van der Waals surface area (Å²) in [5.41, 5.74) is 0.702. The van der Waals surface area contributed by atoms with Crippen molar-refractivity contribution in [3.8, 4) is 5.88 Å². The van der Waals surface area contributed by atoms with E-state index in [1.165, 1.54) is 6.33 Å². The van der Waals surface area contributed by atoms with E-state index in [1.807, 2.05) is 6.92 Å². The normalized spacial score (nSPS) is 23.0. The van der Waals surface area contributed by atoms with Crippen LogP contribution in [0.15, 0.2) is 12.4 Å². The largest absolute Gasteiger partial charge is 0.481 e. The zero-order valence-electron chi connectivity index (χ0n) is 10.8. The van der Waals surface area contributed by atoms with Gasteiger partial charge in [0.1, 0.15) is 12.1 Å². The fourth-order valence-corrected chi connectivity index (χ4v) is 2.31. The lowest BCUT2D eigenvalue weighted by molar-refractivity contribution is -0.123. The maximum absolute atomic E-state index is 12.2. The number of ether oxygens (including phenoxy) is 2. The van der Waals surface area contributed by atoms with Crippen LogP contribution in [0.5, 0.6) is 5.88 Å². The lowest BCUT2D eigenvalue weighted by Gasteiger charge is -2.15. The molecule has 5 nitrogen and oxygen atoms in total. The van der Waals surface area contributed by atoms with Crippen molar-refractivity contribution in [1.82, 2.24) is 9.97 Å². The topological polar surface area (TPSA) is 61.3 Å². The fraction of sp³-hybridized carbons (Fsp3) is 0.615. The Kier molecular flexibility index (Phi) is 4.25. The van der Waals surface area contributed by atoms with E-state index in [0.29, 0.717) is 24.6 Å². The van der Waals surface area contributed by atoms with Crippen molar-refractivity contribution < 1.29 is 14.3 Å². The second kappa shape index (κ2) is 5.91. The molecule has 0 aliphatic carbocycles. The molecule has 0 radical (unpaired) electrons. The molecule has 1 saturated heterocycles. The van der Waals surface area contributed by atoms with Gasteiger partial charge in [-0.3, -0.25) is 4.79 Å². The van der Waals surface area contributed by atoms with Crippen molar-refractivity contribution in [3.63, 3.8) is 0 Å².